The first-order chi connectivity index (χ1) is 18.9. The molecule has 1 aliphatic heterocycles. The van der Waals surface area contributed by atoms with Crippen LogP contribution in [0.2, 0.25) is 5.02 Å². The highest BCUT2D eigenvalue weighted by molar-refractivity contribution is 6.39. The van der Waals surface area contributed by atoms with Crippen molar-refractivity contribution in [1.82, 2.24) is 5.32 Å². The van der Waals surface area contributed by atoms with Gasteiger partial charge in [-0.2, -0.15) is 0 Å². The lowest BCUT2D eigenvalue weighted by Gasteiger charge is -2.28. The molecule has 1 aliphatic rings. The Morgan fingerprint density at radius 1 is 0.846 bits per heavy atom. The fourth-order valence-electron chi connectivity index (χ4n) is 4.36. The molecule has 1 fully saturated rings. The molecule has 0 radical (unpaired) electrons. The van der Waals surface area contributed by atoms with Crippen LogP contribution in [0.3, 0.4) is 0 Å². The van der Waals surface area contributed by atoms with E-state index >= 15 is 0 Å². The molecule has 1 saturated heterocycles. The number of urea groups is 1. The Hall–Kier alpha value is -4.82. The van der Waals surface area contributed by atoms with Gasteiger partial charge >= 0.3 is 6.03 Å². The number of hydrogen-bond donors (Lipinski definition) is 1. The number of anilines is 1. The maximum Gasteiger partial charge on any atom is 0.336 e. The van der Waals surface area contributed by atoms with Gasteiger partial charge in [-0.15, -0.1) is 0 Å². The van der Waals surface area contributed by atoms with Crippen molar-refractivity contribution in [2.24, 2.45) is 0 Å². The van der Waals surface area contributed by atoms with Crippen molar-refractivity contribution in [2.75, 3.05) is 19.1 Å². The van der Waals surface area contributed by atoms with E-state index in [1.54, 1.807) is 24.3 Å². The predicted octanol–water partition coefficient (Wildman–Crippen LogP) is 5.76. The van der Waals surface area contributed by atoms with Gasteiger partial charge in [0.2, 0.25) is 0 Å². The quantitative estimate of drug-likeness (QED) is 0.236. The molecular formula is C30H23ClN2O6. The van der Waals surface area contributed by atoms with E-state index < -0.39 is 17.8 Å². The summed E-state index contributed by atoms with van der Waals surface area (Å²) in [6.07, 6.45) is 1.40. The average molecular weight is 543 g/mol. The summed E-state index contributed by atoms with van der Waals surface area (Å²) >= 11 is 6.19. The number of ether oxygens (including phenoxy) is 3. The molecule has 1 heterocycles. The maximum absolute atomic E-state index is 13.5. The van der Waals surface area contributed by atoms with Crippen molar-refractivity contribution >= 4 is 52.0 Å². The van der Waals surface area contributed by atoms with Crippen LogP contribution in [0.15, 0.2) is 84.4 Å². The summed E-state index contributed by atoms with van der Waals surface area (Å²) in [5, 5.41) is 4.61. The number of methoxy groups -OCH3 is 2. The third-order valence-corrected chi connectivity index (χ3v) is 6.57. The summed E-state index contributed by atoms with van der Waals surface area (Å²) in [5.41, 5.74) is 1.29. The van der Waals surface area contributed by atoms with Crippen molar-refractivity contribution < 1.29 is 28.6 Å². The van der Waals surface area contributed by atoms with Gasteiger partial charge in [-0.1, -0.05) is 72.3 Å². The molecule has 39 heavy (non-hydrogen) atoms. The summed E-state index contributed by atoms with van der Waals surface area (Å²) in [4.78, 5) is 39.9. The average Bonchev–Trinajstić information content (AvgIpc) is 2.95. The summed E-state index contributed by atoms with van der Waals surface area (Å²) in [7, 11) is 2.78. The molecule has 0 saturated carbocycles. The first-order valence-electron chi connectivity index (χ1n) is 11.9. The Bertz CT molecular complexity index is 1640. The molecule has 9 heteroatoms. The maximum atomic E-state index is 13.5. The molecule has 4 aromatic carbocycles. The lowest BCUT2D eigenvalue weighted by atomic mass is 10.0. The van der Waals surface area contributed by atoms with Gasteiger partial charge in [-0.3, -0.25) is 14.9 Å². The smallest absolute Gasteiger partial charge is 0.336 e. The van der Waals surface area contributed by atoms with Crippen LogP contribution in [0.1, 0.15) is 11.1 Å². The number of para-hydroxylation sites is 1. The van der Waals surface area contributed by atoms with Crippen LogP contribution in [0.25, 0.3) is 16.8 Å². The number of hydrogen-bond acceptors (Lipinski definition) is 6. The number of nitrogens with one attached hydrogen (secondary N) is 1. The van der Waals surface area contributed by atoms with Gasteiger partial charge < -0.3 is 14.2 Å². The molecule has 0 aliphatic carbocycles. The number of carbonyl (C=O) groups is 3. The predicted molar refractivity (Wildman–Crippen MR) is 148 cm³/mol. The minimum Gasteiger partial charge on any atom is -0.495 e. The Morgan fingerprint density at radius 3 is 2.36 bits per heavy atom. The highest BCUT2D eigenvalue weighted by Gasteiger charge is 2.38. The van der Waals surface area contributed by atoms with E-state index in [-0.39, 0.29) is 34.4 Å². The molecule has 4 amide bonds. The van der Waals surface area contributed by atoms with E-state index in [0.29, 0.717) is 11.3 Å². The van der Waals surface area contributed by atoms with Crippen LogP contribution < -0.4 is 24.4 Å². The molecule has 0 bridgehead atoms. The monoisotopic (exact) mass is 542 g/mol. The molecule has 1 N–H and O–H groups in total. The first-order valence-corrected chi connectivity index (χ1v) is 12.3. The van der Waals surface area contributed by atoms with Crippen molar-refractivity contribution in [3.8, 4) is 17.2 Å². The number of carbonyl (C=O) groups excluding carboxylic acids is 3. The highest BCUT2D eigenvalue weighted by Crippen LogP contribution is 2.39. The van der Waals surface area contributed by atoms with Gasteiger partial charge in [-0.25, -0.2) is 9.69 Å². The van der Waals surface area contributed by atoms with Gasteiger partial charge in [-0.05, 0) is 28.5 Å². The SMILES string of the molecule is COc1cc(N2C(=O)NC(=O)/C(=C\c3ccccc3OCc3cccc4ccccc34)C2=O)c(OC)cc1Cl. The lowest BCUT2D eigenvalue weighted by Crippen LogP contribution is -2.54. The number of imide groups is 2. The number of nitrogens with zero attached hydrogens (tertiary/aromatic N) is 1. The molecule has 5 rings (SSSR count). The number of barbiturate groups is 1. The van der Waals surface area contributed by atoms with Crippen LogP contribution >= 0.6 is 11.6 Å². The second-order valence-electron chi connectivity index (χ2n) is 8.58. The molecule has 0 atom stereocenters. The Balaban J connectivity index is 1.49. The van der Waals surface area contributed by atoms with Crippen molar-refractivity contribution in [3.05, 3.63) is 101 Å². The van der Waals surface area contributed by atoms with Crippen LogP contribution in [-0.2, 0) is 16.2 Å². The Morgan fingerprint density at radius 2 is 1.56 bits per heavy atom. The standard InChI is InChI=1S/C30H23ClN2O6/c1-37-26-16-24(27(38-2)15-23(26)31)33-29(35)22(28(34)32-30(33)36)14-19-9-4-6-13-25(19)39-17-20-11-7-10-18-8-3-5-12-21(18)20/h3-16H,17H2,1-2H3,(H,32,34,36)/b22-14+. The van der Waals surface area contributed by atoms with E-state index in [0.717, 1.165) is 21.2 Å². The van der Waals surface area contributed by atoms with E-state index in [2.05, 4.69) is 5.32 Å². The summed E-state index contributed by atoms with van der Waals surface area (Å²) in [5.74, 6) is -0.826. The number of rotatable bonds is 7. The zero-order valence-electron chi connectivity index (χ0n) is 21.1. The van der Waals surface area contributed by atoms with Crippen molar-refractivity contribution in [2.45, 2.75) is 6.61 Å². The molecule has 4 aromatic rings. The van der Waals surface area contributed by atoms with Gasteiger partial charge in [0.1, 0.15) is 29.4 Å². The van der Waals surface area contributed by atoms with Crippen LogP contribution in [0.5, 0.6) is 17.2 Å². The second kappa shape index (κ2) is 10.9. The minimum absolute atomic E-state index is 0.0696. The summed E-state index contributed by atoms with van der Waals surface area (Å²) in [6.45, 7) is 0.272. The van der Waals surface area contributed by atoms with Gasteiger partial charge in [0.15, 0.2) is 0 Å². The van der Waals surface area contributed by atoms with E-state index in [1.807, 2.05) is 42.5 Å². The van der Waals surface area contributed by atoms with Crippen molar-refractivity contribution in [1.29, 1.82) is 0 Å². The first kappa shape index (κ1) is 25.8. The molecule has 8 nitrogen and oxygen atoms in total. The third-order valence-electron chi connectivity index (χ3n) is 6.28. The van der Waals surface area contributed by atoms with Crippen LogP contribution in [-0.4, -0.2) is 32.1 Å². The number of benzene rings is 4. The highest BCUT2D eigenvalue weighted by atomic mass is 35.5. The Labute approximate surface area is 229 Å². The second-order valence-corrected chi connectivity index (χ2v) is 8.99. The number of amides is 4. The minimum atomic E-state index is -0.926. The molecule has 0 spiro atoms. The molecule has 0 unspecified atom stereocenters. The molecule has 0 aromatic heterocycles. The van der Waals surface area contributed by atoms with E-state index in [9.17, 15) is 14.4 Å². The Kier molecular flexibility index (Phi) is 7.21. The number of halogens is 1. The van der Waals surface area contributed by atoms with E-state index in [1.165, 1.54) is 32.4 Å². The normalized spacial score (nSPS) is 14.5. The fourth-order valence-corrected chi connectivity index (χ4v) is 4.59. The van der Waals surface area contributed by atoms with Crippen LogP contribution in [0, 0.1) is 0 Å². The topological polar surface area (TPSA) is 94.2 Å². The van der Waals surface area contributed by atoms with Gasteiger partial charge in [0, 0.05) is 17.7 Å². The summed E-state index contributed by atoms with van der Waals surface area (Å²) in [6, 6.07) is 22.9. The summed E-state index contributed by atoms with van der Waals surface area (Å²) < 4.78 is 16.7. The molecular weight excluding hydrogens is 520 g/mol. The lowest BCUT2D eigenvalue weighted by molar-refractivity contribution is -0.122. The molecule has 196 valence electrons. The van der Waals surface area contributed by atoms with Crippen molar-refractivity contribution in [3.63, 3.8) is 0 Å². The number of fused-ring (bicyclic) bond motifs is 1. The zero-order chi connectivity index (χ0) is 27.5. The van der Waals surface area contributed by atoms with Gasteiger partial charge in [0.05, 0.1) is 24.9 Å². The fraction of sp³-hybridized carbons (Fsp3) is 0.100. The van der Waals surface area contributed by atoms with E-state index in [4.69, 9.17) is 25.8 Å². The zero-order valence-corrected chi connectivity index (χ0v) is 21.8. The largest absolute Gasteiger partial charge is 0.495 e. The van der Waals surface area contributed by atoms with Gasteiger partial charge in [0.25, 0.3) is 11.8 Å². The third kappa shape index (κ3) is 5.02. The van der Waals surface area contributed by atoms with Crippen LogP contribution in [0.4, 0.5) is 10.5 Å².